The minimum atomic E-state index is -0.263. The van der Waals surface area contributed by atoms with E-state index in [1.807, 2.05) is 6.07 Å². The molecule has 1 aliphatic rings. The van der Waals surface area contributed by atoms with Crippen molar-refractivity contribution in [3.05, 3.63) is 52.3 Å². The molecule has 0 radical (unpaired) electrons. The lowest BCUT2D eigenvalue weighted by atomic mass is 10.2. The van der Waals surface area contributed by atoms with Crippen LogP contribution in [0.5, 0.6) is 0 Å². The van der Waals surface area contributed by atoms with Gasteiger partial charge in [0.2, 0.25) is 0 Å². The molecular formula is C16H13FN2OS. The van der Waals surface area contributed by atoms with Crippen molar-refractivity contribution in [1.82, 2.24) is 9.97 Å². The molecule has 1 aromatic carbocycles. The Balaban J connectivity index is 1.84. The van der Waals surface area contributed by atoms with E-state index in [1.54, 1.807) is 12.1 Å². The molecule has 3 nitrogen and oxygen atoms in total. The van der Waals surface area contributed by atoms with Gasteiger partial charge in [-0.3, -0.25) is 4.79 Å². The third-order valence-electron chi connectivity index (χ3n) is 3.99. The van der Waals surface area contributed by atoms with Gasteiger partial charge in [-0.2, -0.15) is 0 Å². The molecule has 2 heterocycles. The first-order valence-electron chi connectivity index (χ1n) is 6.91. The van der Waals surface area contributed by atoms with Gasteiger partial charge in [0.05, 0.1) is 5.52 Å². The van der Waals surface area contributed by atoms with E-state index in [2.05, 4.69) is 16.9 Å². The summed E-state index contributed by atoms with van der Waals surface area (Å²) in [7, 11) is 0. The van der Waals surface area contributed by atoms with E-state index in [1.165, 1.54) is 23.5 Å². The van der Waals surface area contributed by atoms with Crippen LogP contribution in [0.2, 0.25) is 0 Å². The van der Waals surface area contributed by atoms with E-state index in [-0.39, 0.29) is 11.4 Å². The van der Waals surface area contributed by atoms with Gasteiger partial charge in [-0.15, -0.1) is 11.3 Å². The number of benzene rings is 1. The van der Waals surface area contributed by atoms with Crippen LogP contribution >= 0.6 is 11.3 Å². The highest BCUT2D eigenvalue weighted by atomic mass is 32.1. The number of nitrogens with one attached hydrogen (secondary N) is 1. The van der Waals surface area contributed by atoms with Crippen LogP contribution in [0.15, 0.2) is 35.1 Å². The molecule has 0 aliphatic heterocycles. The second-order valence-corrected chi connectivity index (χ2v) is 6.65. The van der Waals surface area contributed by atoms with E-state index < -0.39 is 0 Å². The molecule has 0 saturated heterocycles. The average molecular weight is 300 g/mol. The van der Waals surface area contributed by atoms with Crippen LogP contribution < -0.4 is 5.56 Å². The molecule has 0 amide bonds. The fraction of sp³-hybridized carbons (Fsp3) is 0.250. The molecule has 106 valence electrons. The number of hydrogen-bond acceptors (Lipinski definition) is 3. The standard InChI is InChI=1S/C16H13FN2OS/c1-8-6-11(8)15-18-12-7-13(21-14(12)16(20)19-15)9-2-4-10(17)5-3-9/h2-5,7-8,11H,6H2,1H3,(H,18,19,20). The number of aromatic nitrogens is 2. The maximum Gasteiger partial charge on any atom is 0.268 e. The minimum absolute atomic E-state index is 0.0764. The van der Waals surface area contributed by atoms with Crippen LogP contribution in [0.1, 0.15) is 25.1 Å². The van der Waals surface area contributed by atoms with Crippen molar-refractivity contribution in [2.45, 2.75) is 19.3 Å². The Morgan fingerprint density at radius 3 is 2.71 bits per heavy atom. The summed E-state index contributed by atoms with van der Waals surface area (Å²) in [6.45, 7) is 2.16. The van der Waals surface area contributed by atoms with Gasteiger partial charge >= 0.3 is 0 Å². The second-order valence-electron chi connectivity index (χ2n) is 5.60. The van der Waals surface area contributed by atoms with Gasteiger partial charge in [0.1, 0.15) is 16.3 Å². The van der Waals surface area contributed by atoms with E-state index in [4.69, 9.17) is 0 Å². The number of halogens is 1. The molecule has 1 aliphatic carbocycles. The summed E-state index contributed by atoms with van der Waals surface area (Å²) >= 11 is 1.40. The maximum atomic E-state index is 13.0. The van der Waals surface area contributed by atoms with Gasteiger partial charge in [-0.1, -0.05) is 19.1 Å². The molecule has 0 bridgehead atoms. The molecule has 0 spiro atoms. The van der Waals surface area contributed by atoms with E-state index >= 15 is 0 Å². The Hall–Kier alpha value is -2.01. The van der Waals surface area contributed by atoms with Crippen LogP contribution in [-0.2, 0) is 0 Å². The number of hydrogen-bond donors (Lipinski definition) is 1. The summed E-state index contributed by atoms with van der Waals surface area (Å²) < 4.78 is 13.6. The topological polar surface area (TPSA) is 45.8 Å². The smallest absolute Gasteiger partial charge is 0.268 e. The Labute approximate surface area is 124 Å². The average Bonchev–Trinajstić information content (AvgIpc) is 3.03. The van der Waals surface area contributed by atoms with Crippen molar-refractivity contribution in [2.24, 2.45) is 5.92 Å². The predicted octanol–water partition coefficient (Wildman–Crippen LogP) is 3.91. The van der Waals surface area contributed by atoms with E-state index in [9.17, 15) is 9.18 Å². The number of rotatable bonds is 2. The number of nitrogens with zero attached hydrogens (tertiary/aromatic N) is 1. The fourth-order valence-corrected chi connectivity index (χ4v) is 3.59. The molecule has 2 atom stereocenters. The Morgan fingerprint density at radius 1 is 1.33 bits per heavy atom. The van der Waals surface area contributed by atoms with Gasteiger partial charge in [0.15, 0.2) is 0 Å². The third kappa shape index (κ3) is 2.17. The lowest BCUT2D eigenvalue weighted by molar-refractivity contribution is 0.628. The quantitative estimate of drug-likeness (QED) is 0.780. The van der Waals surface area contributed by atoms with Crippen LogP contribution in [-0.4, -0.2) is 9.97 Å². The Kier molecular flexibility index (Phi) is 2.72. The summed E-state index contributed by atoms with van der Waals surface area (Å²) in [4.78, 5) is 20.6. The number of fused-ring (bicyclic) bond motifs is 1. The molecule has 1 N–H and O–H groups in total. The molecule has 1 saturated carbocycles. The first-order chi connectivity index (χ1) is 10.1. The highest BCUT2D eigenvalue weighted by molar-refractivity contribution is 7.22. The van der Waals surface area contributed by atoms with Crippen LogP contribution in [0.4, 0.5) is 4.39 Å². The van der Waals surface area contributed by atoms with Crippen LogP contribution in [0.3, 0.4) is 0 Å². The van der Waals surface area contributed by atoms with Gasteiger partial charge in [0, 0.05) is 10.8 Å². The van der Waals surface area contributed by atoms with Gasteiger partial charge in [-0.25, -0.2) is 9.37 Å². The molecule has 3 aromatic rings. The Morgan fingerprint density at radius 2 is 2.05 bits per heavy atom. The minimum Gasteiger partial charge on any atom is -0.309 e. The summed E-state index contributed by atoms with van der Waals surface area (Å²) in [6, 6.07) is 8.21. The van der Waals surface area contributed by atoms with Crippen molar-refractivity contribution in [3.63, 3.8) is 0 Å². The highest BCUT2D eigenvalue weighted by Crippen LogP contribution is 2.45. The molecule has 2 aromatic heterocycles. The lowest BCUT2D eigenvalue weighted by Gasteiger charge is -1.97. The Bertz CT molecular complexity index is 881. The third-order valence-corrected chi connectivity index (χ3v) is 5.16. The van der Waals surface area contributed by atoms with E-state index in [0.29, 0.717) is 16.5 Å². The maximum absolute atomic E-state index is 13.0. The zero-order chi connectivity index (χ0) is 14.6. The SMILES string of the molecule is CC1CC1c1nc2cc(-c3ccc(F)cc3)sc2c(=O)[nH]1. The molecule has 4 rings (SSSR count). The van der Waals surface area contributed by atoms with Crippen molar-refractivity contribution in [2.75, 3.05) is 0 Å². The number of aromatic amines is 1. The van der Waals surface area contributed by atoms with Crippen molar-refractivity contribution in [1.29, 1.82) is 0 Å². The predicted molar refractivity (Wildman–Crippen MR) is 82.2 cm³/mol. The number of H-pyrrole nitrogens is 1. The zero-order valence-electron chi connectivity index (χ0n) is 11.4. The van der Waals surface area contributed by atoms with Crippen LogP contribution in [0.25, 0.3) is 20.7 Å². The van der Waals surface area contributed by atoms with Crippen LogP contribution in [0, 0.1) is 11.7 Å². The molecule has 21 heavy (non-hydrogen) atoms. The van der Waals surface area contributed by atoms with Crippen molar-refractivity contribution < 1.29 is 4.39 Å². The molecule has 1 fully saturated rings. The fourth-order valence-electron chi connectivity index (χ4n) is 2.59. The first kappa shape index (κ1) is 12.7. The van der Waals surface area contributed by atoms with Gasteiger partial charge in [0.25, 0.3) is 5.56 Å². The molecule has 5 heteroatoms. The van der Waals surface area contributed by atoms with Crippen molar-refractivity contribution in [3.8, 4) is 10.4 Å². The monoisotopic (exact) mass is 300 g/mol. The van der Waals surface area contributed by atoms with Crippen molar-refractivity contribution >= 4 is 21.6 Å². The lowest BCUT2D eigenvalue weighted by Crippen LogP contribution is -2.09. The number of thiophene rings is 1. The molecule has 2 unspecified atom stereocenters. The largest absolute Gasteiger partial charge is 0.309 e. The summed E-state index contributed by atoms with van der Waals surface area (Å²) in [5.41, 5.74) is 1.56. The summed E-state index contributed by atoms with van der Waals surface area (Å²) in [6.07, 6.45) is 1.09. The zero-order valence-corrected chi connectivity index (χ0v) is 12.2. The summed E-state index contributed by atoms with van der Waals surface area (Å²) in [5.74, 6) is 1.52. The summed E-state index contributed by atoms with van der Waals surface area (Å²) in [5, 5.41) is 0. The van der Waals surface area contributed by atoms with E-state index in [0.717, 1.165) is 28.2 Å². The van der Waals surface area contributed by atoms with Gasteiger partial charge in [-0.05, 0) is 36.1 Å². The normalized spacial score (nSPS) is 20.9. The molecular weight excluding hydrogens is 287 g/mol. The highest BCUT2D eigenvalue weighted by Gasteiger charge is 2.36. The second kappa shape index (κ2) is 4.49. The van der Waals surface area contributed by atoms with Gasteiger partial charge < -0.3 is 4.98 Å². The first-order valence-corrected chi connectivity index (χ1v) is 7.73.